The molecule has 7 heteroatoms. The number of anilines is 1. The van der Waals surface area contributed by atoms with Crippen molar-refractivity contribution in [1.29, 1.82) is 0 Å². The van der Waals surface area contributed by atoms with E-state index in [0.717, 1.165) is 50.4 Å². The van der Waals surface area contributed by atoms with Crippen LogP contribution in [0.4, 0.5) is 5.69 Å². The molecule has 1 amide bonds. The topological polar surface area (TPSA) is 81.3 Å². The van der Waals surface area contributed by atoms with Gasteiger partial charge in [-0.25, -0.2) is 0 Å². The highest BCUT2D eigenvalue weighted by molar-refractivity contribution is 6.11. The third-order valence-electron chi connectivity index (χ3n) is 6.04. The molecule has 0 fully saturated rings. The number of pyridine rings is 2. The van der Waals surface area contributed by atoms with Crippen LogP contribution in [0.5, 0.6) is 5.75 Å². The predicted octanol–water partition coefficient (Wildman–Crippen LogP) is 5.34. The first kappa shape index (κ1) is 21.1. The molecule has 0 spiro atoms. The predicted molar refractivity (Wildman–Crippen MR) is 126 cm³/mol. The summed E-state index contributed by atoms with van der Waals surface area (Å²) < 4.78 is 11.7. The number of carbonyl (C=O) groups excluding carboxylic acids is 1. The van der Waals surface area contributed by atoms with Crippen molar-refractivity contribution < 1.29 is 14.1 Å². The van der Waals surface area contributed by atoms with Gasteiger partial charge in [0.15, 0.2) is 0 Å². The van der Waals surface area contributed by atoms with E-state index < -0.39 is 0 Å². The van der Waals surface area contributed by atoms with E-state index in [2.05, 4.69) is 10.1 Å². The first-order valence-electron chi connectivity index (χ1n) is 11.1. The van der Waals surface area contributed by atoms with E-state index in [4.69, 9.17) is 14.2 Å². The van der Waals surface area contributed by atoms with Crippen LogP contribution < -0.4 is 9.64 Å². The van der Waals surface area contributed by atoms with Gasteiger partial charge < -0.3 is 14.2 Å². The third-order valence-corrected chi connectivity index (χ3v) is 6.04. The van der Waals surface area contributed by atoms with Crippen molar-refractivity contribution in [3.63, 3.8) is 0 Å². The largest absolute Gasteiger partial charge is 0.490 e. The minimum Gasteiger partial charge on any atom is -0.490 e. The molecule has 0 unspecified atom stereocenters. The molecular weight excluding hydrogens is 416 g/mol. The Morgan fingerprint density at radius 3 is 2.61 bits per heavy atom. The molecule has 0 radical (unpaired) electrons. The summed E-state index contributed by atoms with van der Waals surface area (Å²) >= 11 is 0. The smallest absolute Gasteiger partial charge is 0.232 e. The van der Waals surface area contributed by atoms with Crippen molar-refractivity contribution in [2.45, 2.75) is 53.2 Å². The second-order valence-electron chi connectivity index (χ2n) is 8.73. The van der Waals surface area contributed by atoms with Crippen LogP contribution in [-0.2, 0) is 11.2 Å². The minimum atomic E-state index is -0.206. The number of nitrogens with zero attached hydrogens (tertiary/aromatic N) is 4. The SMILES string of the molecule is Cc1noc(C)c1-c1cc2ncc3c(c2cc1OC(C)C)N([C@H](C)c1ccccn1)C(=O)C3. The lowest BCUT2D eigenvalue weighted by Gasteiger charge is -2.26. The molecule has 4 aromatic rings. The maximum absolute atomic E-state index is 13.1. The number of aryl methyl sites for hydroxylation is 2. The van der Waals surface area contributed by atoms with Crippen LogP contribution in [-0.4, -0.2) is 27.1 Å². The maximum atomic E-state index is 13.1. The Labute approximate surface area is 192 Å². The molecule has 4 heterocycles. The Morgan fingerprint density at radius 2 is 1.94 bits per heavy atom. The summed E-state index contributed by atoms with van der Waals surface area (Å²) in [5.74, 6) is 1.48. The van der Waals surface area contributed by atoms with E-state index in [9.17, 15) is 4.79 Å². The molecule has 5 rings (SSSR count). The summed E-state index contributed by atoms with van der Waals surface area (Å²) in [6, 6.07) is 9.56. The van der Waals surface area contributed by atoms with Gasteiger partial charge in [0.25, 0.3) is 0 Å². The van der Waals surface area contributed by atoms with E-state index in [1.807, 2.05) is 69.9 Å². The summed E-state index contributed by atoms with van der Waals surface area (Å²) in [6.45, 7) is 9.80. The molecule has 168 valence electrons. The zero-order valence-corrected chi connectivity index (χ0v) is 19.4. The van der Waals surface area contributed by atoms with Crippen molar-refractivity contribution in [3.05, 3.63) is 65.4 Å². The highest BCUT2D eigenvalue weighted by atomic mass is 16.5. The van der Waals surface area contributed by atoms with Gasteiger partial charge >= 0.3 is 0 Å². The molecule has 3 aromatic heterocycles. The minimum absolute atomic E-state index is 0.0310. The summed E-state index contributed by atoms with van der Waals surface area (Å²) in [5.41, 5.74) is 6.00. The van der Waals surface area contributed by atoms with Crippen molar-refractivity contribution in [3.8, 4) is 16.9 Å². The quantitative estimate of drug-likeness (QED) is 0.415. The average molecular weight is 443 g/mol. The van der Waals surface area contributed by atoms with Crippen molar-refractivity contribution in [2.24, 2.45) is 0 Å². The molecule has 0 saturated carbocycles. The number of carbonyl (C=O) groups is 1. The Hall–Kier alpha value is -3.74. The monoisotopic (exact) mass is 442 g/mol. The van der Waals surface area contributed by atoms with Gasteiger partial charge in [0, 0.05) is 28.9 Å². The lowest BCUT2D eigenvalue weighted by molar-refractivity contribution is -0.117. The van der Waals surface area contributed by atoms with E-state index >= 15 is 0 Å². The van der Waals surface area contributed by atoms with E-state index in [0.29, 0.717) is 12.2 Å². The molecule has 0 saturated heterocycles. The zero-order valence-electron chi connectivity index (χ0n) is 19.4. The molecule has 7 nitrogen and oxygen atoms in total. The molecule has 33 heavy (non-hydrogen) atoms. The van der Waals surface area contributed by atoms with Crippen LogP contribution in [0.3, 0.4) is 0 Å². The Balaban J connectivity index is 1.73. The Kier molecular flexibility index (Phi) is 5.12. The molecule has 0 bridgehead atoms. The number of aromatic nitrogens is 3. The molecule has 1 aliphatic rings. The molecule has 1 aliphatic heterocycles. The van der Waals surface area contributed by atoms with Gasteiger partial charge in [-0.2, -0.15) is 0 Å². The van der Waals surface area contributed by atoms with Crippen molar-refractivity contribution in [2.75, 3.05) is 4.90 Å². The highest BCUT2D eigenvalue weighted by Gasteiger charge is 2.35. The zero-order chi connectivity index (χ0) is 23.3. The van der Waals surface area contributed by atoms with Crippen molar-refractivity contribution >= 4 is 22.5 Å². The number of hydrogen-bond donors (Lipinski definition) is 0. The van der Waals surface area contributed by atoms with E-state index in [1.165, 1.54) is 0 Å². The second-order valence-corrected chi connectivity index (χ2v) is 8.73. The Bertz CT molecular complexity index is 1340. The fourth-order valence-electron chi connectivity index (χ4n) is 4.61. The lowest BCUT2D eigenvalue weighted by Crippen LogP contribution is -2.30. The van der Waals surface area contributed by atoms with Crippen LogP contribution in [0.15, 0.2) is 47.2 Å². The molecule has 1 aromatic carbocycles. The fraction of sp³-hybridized carbons (Fsp3) is 0.308. The molecule has 1 atom stereocenters. The first-order chi connectivity index (χ1) is 15.8. The number of ether oxygens (including phenoxy) is 1. The van der Waals surface area contributed by atoms with E-state index in [-0.39, 0.29) is 18.1 Å². The summed E-state index contributed by atoms with van der Waals surface area (Å²) in [4.78, 5) is 24.1. The van der Waals surface area contributed by atoms with Crippen LogP contribution in [0.25, 0.3) is 22.0 Å². The van der Waals surface area contributed by atoms with Crippen molar-refractivity contribution in [1.82, 2.24) is 15.1 Å². The van der Waals surface area contributed by atoms with Crippen LogP contribution in [0.1, 0.15) is 49.5 Å². The maximum Gasteiger partial charge on any atom is 0.232 e. The second kappa shape index (κ2) is 7.99. The van der Waals surface area contributed by atoms with Crippen LogP contribution in [0, 0.1) is 13.8 Å². The number of amides is 1. The molecular formula is C26H26N4O3. The lowest BCUT2D eigenvalue weighted by atomic mass is 9.99. The third kappa shape index (κ3) is 3.53. The number of benzene rings is 1. The van der Waals surface area contributed by atoms with Crippen LogP contribution >= 0.6 is 0 Å². The summed E-state index contributed by atoms with van der Waals surface area (Å²) in [6.07, 6.45) is 3.85. The number of hydrogen-bond acceptors (Lipinski definition) is 6. The van der Waals surface area contributed by atoms with Gasteiger partial charge in [0.05, 0.1) is 46.7 Å². The van der Waals surface area contributed by atoms with Crippen LogP contribution in [0.2, 0.25) is 0 Å². The highest BCUT2D eigenvalue weighted by Crippen LogP contribution is 2.44. The van der Waals surface area contributed by atoms with Gasteiger partial charge in [-0.1, -0.05) is 11.2 Å². The number of rotatable bonds is 5. The number of fused-ring (bicyclic) bond motifs is 3. The van der Waals surface area contributed by atoms with Gasteiger partial charge in [0.1, 0.15) is 11.5 Å². The van der Waals surface area contributed by atoms with Gasteiger partial charge in [-0.15, -0.1) is 0 Å². The standard InChI is InChI=1S/C26H26N4O3/c1-14(2)32-23-12-19-22(11-20(23)25-15(3)29-33-17(25)5)28-13-18-10-24(31)30(26(18)19)16(4)21-8-6-7-9-27-21/h6-9,11-14,16H,10H2,1-5H3/t16-/m1/s1. The Morgan fingerprint density at radius 1 is 1.12 bits per heavy atom. The van der Waals surface area contributed by atoms with Gasteiger partial charge in [-0.3, -0.25) is 14.8 Å². The molecule has 0 N–H and O–H groups in total. The average Bonchev–Trinajstić information content (AvgIpc) is 3.31. The van der Waals surface area contributed by atoms with Gasteiger partial charge in [0.2, 0.25) is 5.91 Å². The van der Waals surface area contributed by atoms with Gasteiger partial charge in [-0.05, 0) is 58.9 Å². The summed E-state index contributed by atoms with van der Waals surface area (Å²) in [5, 5.41) is 5.00. The normalized spacial score (nSPS) is 14.2. The fourth-order valence-corrected chi connectivity index (χ4v) is 4.61. The first-order valence-corrected chi connectivity index (χ1v) is 11.1. The van der Waals surface area contributed by atoms with E-state index in [1.54, 1.807) is 12.4 Å². The molecule has 0 aliphatic carbocycles. The summed E-state index contributed by atoms with van der Waals surface area (Å²) in [7, 11) is 0.